The van der Waals surface area contributed by atoms with Crippen LogP contribution in [0, 0.1) is 0 Å². The zero-order valence-corrected chi connectivity index (χ0v) is 11.6. The number of ether oxygens (including phenoxy) is 2. The molecule has 1 heterocycles. The van der Waals surface area contributed by atoms with Crippen molar-refractivity contribution < 1.29 is 24.1 Å². The number of benzene rings is 2. The van der Waals surface area contributed by atoms with Gasteiger partial charge in [0.1, 0.15) is 16.7 Å². The Morgan fingerprint density at radius 1 is 1.09 bits per heavy atom. The summed E-state index contributed by atoms with van der Waals surface area (Å²) in [6.07, 6.45) is 0. The second kappa shape index (κ2) is 5.33. The first-order chi connectivity index (χ1) is 10.6. The molecule has 22 heavy (non-hydrogen) atoms. The zero-order chi connectivity index (χ0) is 15.7. The fraction of sp³-hybridized carbons (Fsp3) is 0.0625. The Kier molecular flexibility index (Phi) is 3.34. The second-order valence-electron chi connectivity index (χ2n) is 4.50. The van der Waals surface area contributed by atoms with E-state index in [1.807, 2.05) is 6.07 Å². The van der Waals surface area contributed by atoms with Crippen molar-refractivity contribution in [3.05, 3.63) is 52.7 Å². The summed E-state index contributed by atoms with van der Waals surface area (Å²) in [5.74, 6) is -0.554. The Bertz CT molecular complexity index is 883. The number of aromatic hydroxyl groups is 2. The van der Waals surface area contributed by atoms with Crippen LogP contribution in [0.4, 0.5) is 0 Å². The molecule has 0 atom stereocenters. The lowest BCUT2D eigenvalue weighted by Gasteiger charge is -2.09. The molecule has 3 aromatic rings. The number of para-hydroxylation sites is 1. The Balaban J connectivity index is 2.15. The number of rotatable bonds is 3. The third kappa shape index (κ3) is 2.31. The Morgan fingerprint density at radius 2 is 1.82 bits per heavy atom. The Labute approximate surface area is 124 Å². The van der Waals surface area contributed by atoms with Crippen LogP contribution in [0.3, 0.4) is 0 Å². The van der Waals surface area contributed by atoms with E-state index in [1.54, 1.807) is 24.3 Å². The quantitative estimate of drug-likeness (QED) is 0.773. The van der Waals surface area contributed by atoms with E-state index in [2.05, 4.69) is 0 Å². The van der Waals surface area contributed by atoms with Crippen LogP contribution in [0.15, 0.2) is 51.7 Å². The van der Waals surface area contributed by atoms with Crippen LogP contribution in [-0.2, 0) is 0 Å². The van der Waals surface area contributed by atoms with E-state index < -0.39 is 11.2 Å². The molecule has 0 aliphatic rings. The van der Waals surface area contributed by atoms with E-state index in [0.29, 0.717) is 5.75 Å². The van der Waals surface area contributed by atoms with Crippen molar-refractivity contribution in [3.8, 4) is 28.9 Å². The monoisotopic (exact) mass is 300 g/mol. The molecule has 1 aromatic heterocycles. The number of fused-ring (bicyclic) bond motifs is 1. The smallest absolute Gasteiger partial charge is 0.294 e. The van der Waals surface area contributed by atoms with Gasteiger partial charge < -0.3 is 24.1 Å². The predicted octanol–water partition coefficient (Wildman–Crippen LogP) is 3.01. The fourth-order valence-corrected chi connectivity index (χ4v) is 2.11. The van der Waals surface area contributed by atoms with Gasteiger partial charge in [0.25, 0.3) is 5.95 Å². The van der Waals surface area contributed by atoms with Gasteiger partial charge in [0.05, 0.1) is 13.2 Å². The van der Waals surface area contributed by atoms with Gasteiger partial charge in [-0.3, -0.25) is 4.79 Å². The SMILES string of the molecule is COc1c(O)cc2oc(Oc3ccccc3)cc(=O)c2c1O. The molecule has 112 valence electrons. The van der Waals surface area contributed by atoms with Crippen LogP contribution >= 0.6 is 0 Å². The zero-order valence-electron chi connectivity index (χ0n) is 11.6. The maximum atomic E-state index is 12.2. The molecule has 3 rings (SSSR count). The molecule has 2 N–H and O–H groups in total. The van der Waals surface area contributed by atoms with E-state index in [1.165, 1.54) is 13.2 Å². The van der Waals surface area contributed by atoms with E-state index in [0.717, 1.165) is 6.07 Å². The minimum atomic E-state index is -0.511. The lowest BCUT2D eigenvalue weighted by molar-refractivity contribution is 0.339. The molecule has 0 fully saturated rings. The van der Waals surface area contributed by atoms with E-state index in [9.17, 15) is 15.0 Å². The lowest BCUT2D eigenvalue weighted by Crippen LogP contribution is -2.02. The summed E-state index contributed by atoms with van der Waals surface area (Å²) >= 11 is 0. The van der Waals surface area contributed by atoms with Gasteiger partial charge in [-0.2, -0.15) is 0 Å². The standard InChI is InChI=1S/C16H12O6/c1-20-16-11(18)7-12-14(15(16)19)10(17)8-13(22-12)21-9-5-3-2-4-6-9/h2-8,18-19H,1H3. The molecule has 2 aromatic carbocycles. The average molecular weight is 300 g/mol. The molecule has 6 heteroatoms. The number of hydrogen-bond acceptors (Lipinski definition) is 6. The average Bonchev–Trinajstić information content (AvgIpc) is 2.47. The van der Waals surface area contributed by atoms with Crippen molar-refractivity contribution in [2.24, 2.45) is 0 Å². The fourth-order valence-electron chi connectivity index (χ4n) is 2.11. The van der Waals surface area contributed by atoms with Crippen LogP contribution in [0.5, 0.6) is 28.9 Å². The van der Waals surface area contributed by atoms with Crippen molar-refractivity contribution in [2.75, 3.05) is 7.11 Å². The molecule has 0 unspecified atom stereocenters. The molecule has 0 aliphatic carbocycles. The molecular formula is C16H12O6. The third-order valence-corrected chi connectivity index (χ3v) is 3.07. The number of phenols is 2. The van der Waals surface area contributed by atoms with Gasteiger partial charge in [0.15, 0.2) is 11.5 Å². The summed E-state index contributed by atoms with van der Waals surface area (Å²) in [5.41, 5.74) is -0.516. The molecule has 0 aliphatic heterocycles. The predicted molar refractivity (Wildman–Crippen MR) is 78.9 cm³/mol. The van der Waals surface area contributed by atoms with Crippen molar-refractivity contribution in [2.45, 2.75) is 0 Å². The molecule has 6 nitrogen and oxygen atoms in total. The molecule has 0 saturated heterocycles. The lowest BCUT2D eigenvalue weighted by atomic mass is 10.2. The largest absolute Gasteiger partial charge is 0.504 e. The summed E-state index contributed by atoms with van der Waals surface area (Å²) in [4.78, 5) is 12.2. The van der Waals surface area contributed by atoms with Gasteiger partial charge in [0, 0.05) is 6.07 Å². The highest BCUT2D eigenvalue weighted by atomic mass is 16.6. The molecule has 0 bridgehead atoms. The van der Waals surface area contributed by atoms with E-state index >= 15 is 0 Å². The number of phenolic OH excluding ortho intramolecular Hbond substituents is 2. The van der Waals surface area contributed by atoms with Crippen molar-refractivity contribution in [3.63, 3.8) is 0 Å². The van der Waals surface area contributed by atoms with Crippen LogP contribution < -0.4 is 14.9 Å². The van der Waals surface area contributed by atoms with Crippen LogP contribution in [0.1, 0.15) is 0 Å². The van der Waals surface area contributed by atoms with Gasteiger partial charge in [-0.05, 0) is 12.1 Å². The van der Waals surface area contributed by atoms with Gasteiger partial charge >= 0.3 is 0 Å². The summed E-state index contributed by atoms with van der Waals surface area (Å²) in [5, 5.41) is 19.7. The van der Waals surface area contributed by atoms with E-state index in [4.69, 9.17) is 13.9 Å². The first kappa shape index (κ1) is 13.8. The summed E-state index contributed by atoms with van der Waals surface area (Å²) in [6, 6.07) is 11.1. The Hall–Kier alpha value is -3.15. The summed E-state index contributed by atoms with van der Waals surface area (Å²) in [6.45, 7) is 0. The van der Waals surface area contributed by atoms with E-state index in [-0.39, 0.29) is 28.4 Å². The normalized spacial score (nSPS) is 10.6. The second-order valence-corrected chi connectivity index (χ2v) is 4.50. The minimum absolute atomic E-state index is 0.00534. The molecule has 0 radical (unpaired) electrons. The Morgan fingerprint density at radius 3 is 2.50 bits per heavy atom. The molecular weight excluding hydrogens is 288 g/mol. The summed E-state index contributed by atoms with van der Waals surface area (Å²) in [7, 11) is 1.27. The van der Waals surface area contributed by atoms with Crippen LogP contribution in [-0.4, -0.2) is 17.3 Å². The third-order valence-electron chi connectivity index (χ3n) is 3.07. The van der Waals surface area contributed by atoms with Gasteiger partial charge in [0.2, 0.25) is 11.2 Å². The number of methoxy groups -OCH3 is 1. The van der Waals surface area contributed by atoms with Crippen molar-refractivity contribution >= 4 is 11.0 Å². The highest BCUT2D eigenvalue weighted by molar-refractivity contribution is 5.88. The molecule has 0 spiro atoms. The first-order valence-electron chi connectivity index (χ1n) is 6.40. The van der Waals surface area contributed by atoms with Crippen molar-refractivity contribution in [1.82, 2.24) is 0 Å². The minimum Gasteiger partial charge on any atom is -0.504 e. The van der Waals surface area contributed by atoms with Crippen LogP contribution in [0.2, 0.25) is 0 Å². The summed E-state index contributed by atoms with van der Waals surface area (Å²) < 4.78 is 15.7. The number of hydrogen-bond donors (Lipinski definition) is 2. The molecule has 0 saturated carbocycles. The molecule has 0 amide bonds. The first-order valence-corrected chi connectivity index (χ1v) is 6.40. The van der Waals surface area contributed by atoms with Gasteiger partial charge in [-0.1, -0.05) is 18.2 Å². The topological polar surface area (TPSA) is 89.1 Å². The van der Waals surface area contributed by atoms with Gasteiger partial charge in [-0.25, -0.2) is 0 Å². The van der Waals surface area contributed by atoms with Gasteiger partial charge in [-0.15, -0.1) is 0 Å². The highest BCUT2D eigenvalue weighted by Gasteiger charge is 2.18. The van der Waals surface area contributed by atoms with Crippen molar-refractivity contribution in [1.29, 1.82) is 0 Å². The van der Waals surface area contributed by atoms with Crippen LogP contribution in [0.25, 0.3) is 11.0 Å². The maximum Gasteiger partial charge on any atom is 0.294 e. The highest BCUT2D eigenvalue weighted by Crippen LogP contribution is 2.41. The maximum absolute atomic E-state index is 12.2.